The maximum absolute atomic E-state index is 12.1. The fourth-order valence-corrected chi connectivity index (χ4v) is 2.52. The van der Waals surface area contributed by atoms with E-state index in [1.807, 2.05) is 36.4 Å². The maximum atomic E-state index is 12.1. The van der Waals surface area contributed by atoms with Crippen molar-refractivity contribution in [1.82, 2.24) is 0 Å². The molecule has 2 nitrogen and oxygen atoms in total. The average molecular weight is 272 g/mol. The highest BCUT2D eigenvalue weighted by Crippen LogP contribution is 2.48. The molecule has 0 heterocycles. The fourth-order valence-electron chi connectivity index (χ4n) is 2.34. The molecule has 0 spiro atoms. The van der Waals surface area contributed by atoms with Crippen LogP contribution in [0.2, 0.25) is 5.02 Å². The molecule has 0 radical (unpaired) electrons. The molecule has 1 saturated carbocycles. The first kappa shape index (κ1) is 12.2. The number of hydrogen-bond acceptors (Lipinski definition) is 1. The third kappa shape index (κ3) is 2.64. The number of anilines is 1. The van der Waals surface area contributed by atoms with Crippen LogP contribution >= 0.6 is 11.6 Å². The SMILES string of the molecule is O=C(Nc1ccccc1Cl)[C@H]1C[C@H]1c1ccccc1. The number of nitrogens with one attached hydrogen (secondary N) is 1. The lowest BCUT2D eigenvalue weighted by Crippen LogP contribution is -2.14. The first-order valence-electron chi connectivity index (χ1n) is 6.36. The van der Waals surface area contributed by atoms with Crippen LogP contribution in [0.15, 0.2) is 54.6 Å². The molecule has 0 aromatic heterocycles. The Hall–Kier alpha value is -1.80. The number of carbonyl (C=O) groups excluding carboxylic acids is 1. The minimum atomic E-state index is 0.0574. The predicted octanol–water partition coefficient (Wildman–Crippen LogP) is 4.08. The van der Waals surface area contributed by atoms with Crippen LogP contribution < -0.4 is 5.32 Å². The second-order valence-electron chi connectivity index (χ2n) is 4.83. The zero-order chi connectivity index (χ0) is 13.2. The van der Waals surface area contributed by atoms with E-state index in [1.165, 1.54) is 5.56 Å². The third-order valence-electron chi connectivity index (χ3n) is 3.49. The molecular weight excluding hydrogens is 258 g/mol. The molecule has 0 bridgehead atoms. The first-order chi connectivity index (χ1) is 9.25. The Kier molecular flexibility index (Phi) is 3.26. The number of benzene rings is 2. The summed E-state index contributed by atoms with van der Waals surface area (Å²) < 4.78 is 0. The number of para-hydroxylation sites is 1. The molecule has 0 unspecified atom stereocenters. The van der Waals surface area contributed by atoms with Gasteiger partial charge in [0.2, 0.25) is 5.91 Å². The molecule has 96 valence electrons. The van der Waals surface area contributed by atoms with Gasteiger partial charge < -0.3 is 5.32 Å². The molecule has 2 aromatic rings. The monoisotopic (exact) mass is 271 g/mol. The number of rotatable bonds is 3. The van der Waals surface area contributed by atoms with E-state index in [4.69, 9.17) is 11.6 Å². The summed E-state index contributed by atoms with van der Waals surface area (Å²) in [5.41, 5.74) is 1.93. The Bertz CT molecular complexity index is 597. The van der Waals surface area contributed by atoms with Crippen molar-refractivity contribution in [3.05, 3.63) is 65.2 Å². The molecule has 0 saturated heterocycles. The number of carbonyl (C=O) groups is 1. The molecule has 2 atom stereocenters. The van der Waals surface area contributed by atoms with Crippen molar-refractivity contribution in [1.29, 1.82) is 0 Å². The van der Waals surface area contributed by atoms with Crippen LogP contribution in [0.25, 0.3) is 0 Å². The van der Waals surface area contributed by atoms with E-state index < -0.39 is 0 Å². The number of halogens is 1. The van der Waals surface area contributed by atoms with Crippen molar-refractivity contribution >= 4 is 23.2 Å². The quantitative estimate of drug-likeness (QED) is 0.895. The highest BCUT2D eigenvalue weighted by Gasteiger charge is 2.43. The molecule has 2 aromatic carbocycles. The van der Waals surface area contributed by atoms with Crippen LogP contribution in [0, 0.1) is 5.92 Å². The molecule has 1 N–H and O–H groups in total. The molecule has 0 aliphatic heterocycles. The van der Waals surface area contributed by atoms with Crippen LogP contribution in [0.1, 0.15) is 17.9 Å². The highest BCUT2D eigenvalue weighted by molar-refractivity contribution is 6.33. The summed E-state index contributed by atoms with van der Waals surface area (Å²) in [6.07, 6.45) is 0.917. The molecule has 1 aliphatic rings. The standard InChI is InChI=1S/C16H14ClNO/c17-14-8-4-5-9-15(14)18-16(19)13-10-12(13)11-6-2-1-3-7-11/h1-9,12-13H,10H2,(H,18,19)/t12-,13-/m0/s1. The lowest BCUT2D eigenvalue weighted by Gasteiger charge is -2.06. The van der Waals surface area contributed by atoms with Crippen molar-refractivity contribution in [2.75, 3.05) is 5.32 Å². The van der Waals surface area contributed by atoms with Crippen LogP contribution in [0.5, 0.6) is 0 Å². The topological polar surface area (TPSA) is 29.1 Å². The summed E-state index contributed by atoms with van der Waals surface area (Å²) in [5, 5.41) is 3.48. The minimum absolute atomic E-state index is 0.0574. The van der Waals surface area contributed by atoms with E-state index >= 15 is 0 Å². The number of amides is 1. The van der Waals surface area contributed by atoms with E-state index in [1.54, 1.807) is 6.07 Å². The third-order valence-corrected chi connectivity index (χ3v) is 3.82. The Balaban J connectivity index is 1.66. The molecule has 3 heteroatoms. The van der Waals surface area contributed by atoms with Gasteiger partial charge in [0.1, 0.15) is 0 Å². The normalized spacial score (nSPS) is 20.9. The lowest BCUT2D eigenvalue weighted by atomic mass is 10.1. The Morgan fingerprint density at radius 3 is 2.47 bits per heavy atom. The summed E-state index contributed by atoms with van der Waals surface area (Å²) in [7, 11) is 0. The Morgan fingerprint density at radius 1 is 1.05 bits per heavy atom. The van der Waals surface area contributed by atoms with E-state index in [9.17, 15) is 4.79 Å². The molecular formula is C16H14ClNO. The Labute approximate surface area is 117 Å². The smallest absolute Gasteiger partial charge is 0.228 e. The molecule has 19 heavy (non-hydrogen) atoms. The molecule has 3 rings (SSSR count). The van der Waals surface area contributed by atoms with Crippen LogP contribution in [-0.2, 0) is 4.79 Å². The van der Waals surface area contributed by atoms with Gasteiger partial charge in [-0.2, -0.15) is 0 Å². The zero-order valence-corrected chi connectivity index (χ0v) is 11.1. The lowest BCUT2D eigenvalue weighted by molar-refractivity contribution is -0.117. The fraction of sp³-hybridized carbons (Fsp3) is 0.188. The van der Waals surface area contributed by atoms with Crippen molar-refractivity contribution in [2.45, 2.75) is 12.3 Å². The van der Waals surface area contributed by atoms with E-state index in [0.29, 0.717) is 16.6 Å². The molecule has 1 aliphatic carbocycles. The van der Waals surface area contributed by atoms with Gasteiger partial charge in [-0.05, 0) is 30.0 Å². The van der Waals surface area contributed by atoms with Crippen LogP contribution in [-0.4, -0.2) is 5.91 Å². The maximum Gasteiger partial charge on any atom is 0.228 e. The zero-order valence-electron chi connectivity index (χ0n) is 10.3. The van der Waals surface area contributed by atoms with Crippen molar-refractivity contribution < 1.29 is 4.79 Å². The van der Waals surface area contributed by atoms with E-state index in [2.05, 4.69) is 17.4 Å². The minimum Gasteiger partial charge on any atom is -0.325 e. The summed E-state index contributed by atoms with van der Waals surface area (Å²) in [4.78, 5) is 12.1. The predicted molar refractivity (Wildman–Crippen MR) is 77.4 cm³/mol. The van der Waals surface area contributed by atoms with Gasteiger partial charge in [-0.15, -0.1) is 0 Å². The second-order valence-corrected chi connectivity index (χ2v) is 5.24. The van der Waals surface area contributed by atoms with Crippen LogP contribution in [0.4, 0.5) is 5.69 Å². The van der Waals surface area contributed by atoms with Gasteiger partial charge in [-0.25, -0.2) is 0 Å². The van der Waals surface area contributed by atoms with Crippen molar-refractivity contribution in [3.8, 4) is 0 Å². The van der Waals surface area contributed by atoms with Gasteiger partial charge in [-0.1, -0.05) is 54.1 Å². The van der Waals surface area contributed by atoms with Gasteiger partial charge >= 0.3 is 0 Å². The average Bonchev–Trinajstić information content (AvgIpc) is 3.23. The van der Waals surface area contributed by atoms with Crippen molar-refractivity contribution in [3.63, 3.8) is 0 Å². The second kappa shape index (κ2) is 5.06. The summed E-state index contributed by atoms with van der Waals surface area (Å²) in [5.74, 6) is 0.476. The summed E-state index contributed by atoms with van der Waals surface area (Å²) >= 11 is 6.03. The molecule has 1 fully saturated rings. The van der Waals surface area contributed by atoms with Crippen LogP contribution in [0.3, 0.4) is 0 Å². The van der Waals surface area contributed by atoms with Gasteiger partial charge in [0.05, 0.1) is 10.7 Å². The summed E-state index contributed by atoms with van der Waals surface area (Å²) in [6.45, 7) is 0. The molecule has 1 amide bonds. The van der Waals surface area contributed by atoms with Gasteiger partial charge in [0.25, 0.3) is 0 Å². The van der Waals surface area contributed by atoms with E-state index in [-0.39, 0.29) is 11.8 Å². The van der Waals surface area contributed by atoms with Gasteiger partial charge in [0, 0.05) is 5.92 Å². The highest BCUT2D eigenvalue weighted by atomic mass is 35.5. The van der Waals surface area contributed by atoms with Gasteiger partial charge in [-0.3, -0.25) is 4.79 Å². The first-order valence-corrected chi connectivity index (χ1v) is 6.74. The summed E-state index contributed by atoms with van der Waals surface area (Å²) in [6, 6.07) is 17.5. The van der Waals surface area contributed by atoms with Crippen molar-refractivity contribution in [2.24, 2.45) is 5.92 Å². The number of hydrogen-bond donors (Lipinski definition) is 1. The Morgan fingerprint density at radius 2 is 1.74 bits per heavy atom. The van der Waals surface area contributed by atoms with E-state index in [0.717, 1.165) is 6.42 Å². The van der Waals surface area contributed by atoms with Gasteiger partial charge in [0.15, 0.2) is 0 Å². The largest absolute Gasteiger partial charge is 0.325 e.